The predicted octanol–water partition coefficient (Wildman–Crippen LogP) is 2.61. The Labute approximate surface area is 113 Å². The number of aromatic nitrogens is 3. The smallest absolute Gasteiger partial charge is 0.414 e. The highest BCUT2D eigenvalue weighted by Crippen LogP contribution is 2.42. The van der Waals surface area contributed by atoms with Gasteiger partial charge >= 0.3 is 12.1 Å². The summed E-state index contributed by atoms with van der Waals surface area (Å²) in [6.45, 7) is 4.82. The molecule has 1 aliphatic rings. The van der Waals surface area contributed by atoms with Gasteiger partial charge in [0.2, 0.25) is 5.82 Å². The summed E-state index contributed by atoms with van der Waals surface area (Å²) in [5, 5.41) is 7.45. The first-order valence-corrected chi connectivity index (χ1v) is 6.18. The molecule has 0 fully saturated rings. The first-order chi connectivity index (χ1) is 9.27. The van der Waals surface area contributed by atoms with Crippen LogP contribution in [0, 0.1) is 5.92 Å². The van der Waals surface area contributed by atoms with Crippen molar-refractivity contribution >= 4 is 12.2 Å². The zero-order valence-electron chi connectivity index (χ0n) is 11.2. The second kappa shape index (κ2) is 4.92. The summed E-state index contributed by atoms with van der Waals surface area (Å²) >= 11 is 0. The van der Waals surface area contributed by atoms with Gasteiger partial charge in [0.1, 0.15) is 5.82 Å². The maximum atomic E-state index is 13.0. The number of hydrogen-bond donors (Lipinski definition) is 0. The van der Waals surface area contributed by atoms with Crippen molar-refractivity contribution in [1.82, 2.24) is 14.8 Å². The highest BCUT2D eigenvalue weighted by Gasteiger charge is 2.43. The van der Waals surface area contributed by atoms with E-state index in [1.165, 1.54) is 6.92 Å². The van der Waals surface area contributed by atoms with Crippen molar-refractivity contribution in [2.75, 3.05) is 6.61 Å². The van der Waals surface area contributed by atoms with E-state index in [1.54, 1.807) is 13.8 Å². The Bertz CT molecular complexity index is 563. The Balaban J connectivity index is 2.53. The average Bonchev–Trinajstić information content (AvgIpc) is 2.76. The quantitative estimate of drug-likeness (QED) is 0.785. The maximum absolute atomic E-state index is 13.0. The lowest BCUT2D eigenvalue weighted by Crippen LogP contribution is -2.28. The number of allylic oxidation sites excluding steroid dienone is 1. The third kappa shape index (κ3) is 2.30. The standard InChI is InChI=1S/C12H14F3N3O2/c1-4-20-11(19)10-17-16-9-7(3)6(2)8(5-18(9)10)12(13,14)15/h5-7H,4H2,1-3H3. The van der Waals surface area contributed by atoms with Crippen LogP contribution in [0.15, 0.2) is 5.57 Å². The van der Waals surface area contributed by atoms with Crippen LogP contribution in [-0.4, -0.2) is 33.5 Å². The molecule has 0 aromatic carbocycles. The van der Waals surface area contributed by atoms with E-state index in [9.17, 15) is 18.0 Å². The van der Waals surface area contributed by atoms with E-state index in [1.807, 2.05) is 0 Å². The molecule has 0 radical (unpaired) electrons. The minimum absolute atomic E-state index is 0.114. The third-order valence-corrected chi connectivity index (χ3v) is 3.42. The summed E-state index contributed by atoms with van der Waals surface area (Å²) in [5.41, 5.74) is -0.706. The lowest BCUT2D eigenvalue weighted by atomic mass is 9.86. The van der Waals surface area contributed by atoms with E-state index < -0.39 is 29.6 Å². The van der Waals surface area contributed by atoms with Crippen molar-refractivity contribution in [3.8, 4) is 0 Å². The molecule has 2 atom stereocenters. The second-order valence-electron chi connectivity index (χ2n) is 4.63. The molecule has 5 nitrogen and oxygen atoms in total. The topological polar surface area (TPSA) is 57.0 Å². The van der Waals surface area contributed by atoms with Crippen LogP contribution in [0.4, 0.5) is 13.2 Å². The summed E-state index contributed by atoms with van der Waals surface area (Å²) in [5.74, 6) is -1.93. The SMILES string of the molecule is CCOC(=O)c1nnc2n1C=C(C(F)(F)F)C(C)C2C. The molecular weight excluding hydrogens is 275 g/mol. The number of carbonyl (C=O) groups excluding carboxylic acids is 1. The minimum Gasteiger partial charge on any atom is -0.460 e. The van der Waals surface area contributed by atoms with Crippen LogP contribution in [-0.2, 0) is 4.74 Å². The van der Waals surface area contributed by atoms with Gasteiger partial charge in [-0.3, -0.25) is 4.57 Å². The molecule has 0 bridgehead atoms. The van der Waals surface area contributed by atoms with Crippen LogP contribution in [0.1, 0.15) is 43.1 Å². The van der Waals surface area contributed by atoms with Gasteiger partial charge < -0.3 is 4.74 Å². The molecule has 1 aromatic heterocycles. The van der Waals surface area contributed by atoms with E-state index in [4.69, 9.17) is 4.74 Å². The molecule has 20 heavy (non-hydrogen) atoms. The van der Waals surface area contributed by atoms with Crippen molar-refractivity contribution in [3.05, 3.63) is 17.2 Å². The lowest BCUT2D eigenvalue weighted by molar-refractivity contribution is -0.0990. The Morgan fingerprint density at radius 3 is 2.55 bits per heavy atom. The summed E-state index contributed by atoms with van der Waals surface area (Å²) in [6, 6.07) is 0. The van der Waals surface area contributed by atoms with Gasteiger partial charge in [-0.2, -0.15) is 13.2 Å². The molecule has 1 aliphatic heterocycles. The molecule has 0 N–H and O–H groups in total. The summed E-state index contributed by atoms with van der Waals surface area (Å²) in [7, 11) is 0. The highest BCUT2D eigenvalue weighted by atomic mass is 19.4. The van der Waals surface area contributed by atoms with Crippen molar-refractivity contribution in [3.63, 3.8) is 0 Å². The fourth-order valence-corrected chi connectivity index (χ4v) is 2.16. The van der Waals surface area contributed by atoms with Gasteiger partial charge in [-0.05, 0) is 12.8 Å². The number of nitrogens with zero attached hydrogens (tertiary/aromatic N) is 3. The normalized spacial score (nSPS) is 22.2. The highest BCUT2D eigenvalue weighted by molar-refractivity contribution is 5.86. The van der Waals surface area contributed by atoms with E-state index in [0.29, 0.717) is 5.82 Å². The Hall–Kier alpha value is -1.86. The predicted molar refractivity (Wildman–Crippen MR) is 63.9 cm³/mol. The van der Waals surface area contributed by atoms with Crippen LogP contribution in [0.25, 0.3) is 6.20 Å². The number of ether oxygens (including phenoxy) is 1. The van der Waals surface area contributed by atoms with Crippen LogP contribution < -0.4 is 0 Å². The van der Waals surface area contributed by atoms with Gasteiger partial charge in [-0.25, -0.2) is 4.79 Å². The number of fused-ring (bicyclic) bond motifs is 1. The largest absolute Gasteiger partial charge is 0.460 e. The van der Waals surface area contributed by atoms with Crippen molar-refractivity contribution in [2.45, 2.75) is 32.9 Å². The van der Waals surface area contributed by atoms with E-state index in [-0.39, 0.29) is 12.4 Å². The van der Waals surface area contributed by atoms with E-state index in [2.05, 4.69) is 10.2 Å². The average molecular weight is 289 g/mol. The lowest BCUT2D eigenvalue weighted by Gasteiger charge is -2.28. The van der Waals surface area contributed by atoms with Gasteiger partial charge in [0, 0.05) is 12.1 Å². The molecule has 1 aromatic rings. The van der Waals surface area contributed by atoms with Crippen LogP contribution >= 0.6 is 0 Å². The monoisotopic (exact) mass is 289 g/mol. The van der Waals surface area contributed by atoms with Gasteiger partial charge in [-0.15, -0.1) is 10.2 Å². The number of esters is 1. The molecule has 0 spiro atoms. The zero-order chi connectivity index (χ0) is 15.1. The number of halogens is 3. The van der Waals surface area contributed by atoms with Crippen molar-refractivity contribution in [1.29, 1.82) is 0 Å². The number of hydrogen-bond acceptors (Lipinski definition) is 4. The molecular formula is C12H14F3N3O2. The first kappa shape index (κ1) is 14.5. The number of alkyl halides is 3. The molecule has 8 heteroatoms. The van der Waals surface area contributed by atoms with Gasteiger partial charge in [0.15, 0.2) is 0 Å². The zero-order valence-corrected chi connectivity index (χ0v) is 11.2. The fraction of sp³-hybridized carbons (Fsp3) is 0.583. The van der Waals surface area contributed by atoms with Crippen LogP contribution in [0.3, 0.4) is 0 Å². The third-order valence-electron chi connectivity index (χ3n) is 3.42. The number of rotatable bonds is 2. The summed E-state index contributed by atoms with van der Waals surface area (Å²) < 4.78 is 44.9. The summed E-state index contributed by atoms with van der Waals surface area (Å²) in [4.78, 5) is 11.7. The molecule has 0 amide bonds. The Kier molecular flexibility index (Phi) is 3.58. The molecule has 110 valence electrons. The van der Waals surface area contributed by atoms with Crippen molar-refractivity contribution in [2.24, 2.45) is 5.92 Å². The van der Waals surface area contributed by atoms with Gasteiger partial charge in [-0.1, -0.05) is 13.8 Å². The van der Waals surface area contributed by atoms with Crippen LogP contribution in [0.5, 0.6) is 0 Å². The van der Waals surface area contributed by atoms with E-state index >= 15 is 0 Å². The maximum Gasteiger partial charge on any atom is 0.414 e. The summed E-state index contributed by atoms with van der Waals surface area (Å²) in [6.07, 6.45) is -3.58. The first-order valence-electron chi connectivity index (χ1n) is 6.18. The van der Waals surface area contributed by atoms with Gasteiger partial charge in [0.25, 0.3) is 0 Å². The molecule has 2 rings (SSSR count). The Morgan fingerprint density at radius 2 is 2.00 bits per heavy atom. The molecule has 0 aliphatic carbocycles. The van der Waals surface area contributed by atoms with Gasteiger partial charge in [0.05, 0.1) is 12.2 Å². The minimum atomic E-state index is -4.46. The second-order valence-corrected chi connectivity index (χ2v) is 4.63. The molecule has 0 saturated heterocycles. The molecule has 2 unspecified atom stereocenters. The van der Waals surface area contributed by atoms with E-state index in [0.717, 1.165) is 10.8 Å². The van der Waals surface area contributed by atoms with Crippen molar-refractivity contribution < 1.29 is 22.7 Å². The van der Waals surface area contributed by atoms with Crippen LogP contribution in [0.2, 0.25) is 0 Å². The Morgan fingerprint density at radius 1 is 1.35 bits per heavy atom. The number of carbonyl (C=O) groups is 1. The molecule has 0 saturated carbocycles. The molecule has 2 heterocycles. The fourth-order valence-electron chi connectivity index (χ4n) is 2.16.